The molecule has 1 aliphatic heterocycles. The van der Waals surface area contributed by atoms with Crippen LogP contribution in [0.25, 0.3) is 11.0 Å². The summed E-state index contributed by atoms with van der Waals surface area (Å²) in [5, 5.41) is 20.7. The molecular weight excluding hydrogens is 376 g/mol. The molecule has 154 valence electrons. The van der Waals surface area contributed by atoms with Gasteiger partial charge in [0.05, 0.1) is 36.4 Å². The van der Waals surface area contributed by atoms with E-state index < -0.39 is 17.8 Å². The Morgan fingerprint density at radius 3 is 2.34 bits per heavy atom. The van der Waals surface area contributed by atoms with Crippen LogP contribution in [-0.4, -0.2) is 53.6 Å². The standard InChI is InChI=1S/C20H24N4O5/c25-19(15-11-1-3-12(4-2-11)16(15)20(26)27)21-13-5-6-14(18-17(13)22-29-23-18)24-7-9-28-10-8-24/h5-6,11-12,15-16H,1-4,7-10H2,(H,21,25)(H,26,27)/t11?,12?,15-,16+/m1/s1. The molecule has 9 heteroatoms. The fourth-order valence-corrected chi connectivity index (χ4v) is 5.41. The molecule has 2 bridgehead atoms. The summed E-state index contributed by atoms with van der Waals surface area (Å²) in [6.45, 7) is 2.79. The van der Waals surface area contributed by atoms with Crippen molar-refractivity contribution in [3.63, 3.8) is 0 Å². The molecule has 3 aliphatic carbocycles. The molecular formula is C20H24N4O5. The van der Waals surface area contributed by atoms with Crippen LogP contribution in [-0.2, 0) is 14.3 Å². The summed E-state index contributed by atoms with van der Waals surface area (Å²) < 4.78 is 10.4. The highest BCUT2D eigenvalue weighted by molar-refractivity contribution is 6.04. The van der Waals surface area contributed by atoms with Gasteiger partial charge in [-0.2, -0.15) is 0 Å². The van der Waals surface area contributed by atoms with Crippen molar-refractivity contribution < 1.29 is 24.1 Å². The molecule has 1 aromatic carbocycles. The molecule has 29 heavy (non-hydrogen) atoms. The van der Waals surface area contributed by atoms with Crippen LogP contribution < -0.4 is 10.2 Å². The Hall–Kier alpha value is -2.68. The Kier molecular flexibility index (Phi) is 4.61. The maximum atomic E-state index is 13.1. The molecule has 3 saturated carbocycles. The molecule has 0 unspecified atom stereocenters. The SMILES string of the molecule is O=C(Nc1ccc(N2CCOCC2)c2nonc12)[C@@H]1C2CCC(CC2)[C@@H]1C(=O)O. The monoisotopic (exact) mass is 400 g/mol. The number of nitrogens with one attached hydrogen (secondary N) is 1. The smallest absolute Gasteiger partial charge is 0.307 e. The van der Waals surface area contributed by atoms with Crippen molar-refractivity contribution in [1.29, 1.82) is 0 Å². The van der Waals surface area contributed by atoms with Crippen molar-refractivity contribution in [2.45, 2.75) is 25.7 Å². The zero-order chi connectivity index (χ0) is 20.0. The predicted molar refractivity (Wildman–Crippen MR) is 104 cm³/mol. The molecule has 2 aromatic rings. The van der Waals surface area contributed by atoms with Crippen molar-refractivity contribution >= 4 is 34.3 Å². The number of nitrogens with zero attached hydrogens (tertiary/aromatic N) is 3. The minimum Gasteiger partial charge on any atom is -0.481 e. The average molecular weight is 400 g/mol. The number of carbonyl (C=O) groups excluding carboxylic acids is 1. The predicted octanol–water partition coefficient (Wildman–Crippen LogP) is 2.13. The number of aliphatic carboxylic acids is 1. The number of carbonyl (C=O) groups is 2. The van der Waals surface area contributed by atoms with Gasteiger partial charge in [-0.1, -0.05) is 0 Å². The lowest BCUT2D eigenvalue weighted by Gasteiger charge is -2.45. The highest BCUT2D eigenvalue weighted by atomic mass is 16.6. The number of rotatable bonds is 4. The van der Waals surface area contributed by atoms with Gasteiger partial charge in [0, 0.05) is 13.1 Å². The molecule has 1 aromatic heterocycles. The van der Waals surface area contributed by atoms with E-state index in [9.17, 15) is 14.7 Å². The van der Waals surface area contributed by atoms with Crippen LogP contribution in [0.3, 0.4) is 0 Å². The molecule has 2 N–H and O–H groups in total. The molecule has 4 aliphatic rings. The Balaban J connectivity index is 1.42. The zero-order valence-electron chi connectivity index (χ0n) is 16.0. The third-order valence-corrected chi connectivity index (χ3v) is 6.81. The minimum absolute atomic E-state index is 0.0886. The molecule has 1 amide bonds. The summed E-state index contributed by atoms with van der Waals surface area (Å²) in [5.41, 5.74) is 2.47. The Morgan fingerprint density at radius 2 is 1.66 bits per heavy atom. The number of morpholine rings is 1. The quantitative estimate of drug-likeness (QED) is 0.801. The number of carboxylic acids is 1. The second kappa shape index (κ2) is 7.29. The summed E-state index contributed by atoms with van der Waals surface area (Å²) in [6, 6.07) is 3.70. The van der Waals surface area contributed by atoms with Crippen LogP contribution in [0.5, 0.6) is 0 Å². The van der Waals surface area contributed by atoms with E-state index >= 15 is 0 Å². The Morgan fingerprint density at radius 1 is 1.00 bits per heavy atom. The van der Waals surface area contributed by atoms with Gasteiger partial charge >= 0.3 is 5.97 Å². The zero-order valence-corrected chi connectivity index (χ0v) is 16.0. The molecule has 0 spiro atoms. The number of hydrogen-bond donors (Lipinski definition) is 2. The first-order valence-corrected chi connectivity index (χ1v) is 10.2. The maximum absolute atomic E-state index is 13.1. The molecule has 9 nitrogen and oxygen atoms in total. The third-order valence-electron chi connectivity index (χ3n) is 6.81. The van der Waals surface area contributed by atoms with Gasteiger partial charge in [0.25, 0.3) is 0 Å². The van der Waals surface area contributed by atoms with E-state index in [1.807, 2.05) is 6.07 Å². The highest BCUT2D eigenvalue weighted by Crippen LogP contribution is 2.49. The first-order chi connectivity index (χ1) is 14.1. The summed E-state index contributed by atoms with van der Waals surface area (Å²) in [5.74, 6) is -2.01. The lowest BCUT2D eigenvalue weighted by atomic mass is 9.58. The first-order valence-electron chi connectivity index (χ1n) is 10.2. The van der Waals surface area contributed by atoms with Gasteiger partial charge in [-0.3, -0.25) is 9.59 Å². The normalized spacial score (nSPS) is 29.2. The lowest BCUT2D eigenvalue weighted by Crippen LogP contribution is -2.49. The minimum atomic E-state index is -0.865. The van der Waals surface area contributed by atoms with E-state index in [0.29, 0.717) is 29.9 Å². The van der Waals surface area contributed by atoms with Gasteiger partial charge in [-0.05, 0) is 60.0 Å². The van der Waals surface area contributed by atoms with Crippen LogP contribution >= 0.6 is 0 Å². The van der Waals surface area contributed by atoms with Crippen molar-refractivity contribution in [1.82, 2.24) is 10.3 Å². The lowest BCUT2D eigenvalue weighted by molar-refractivity contribution is -0.156. The number of benzene rings is 1. The summed E-state index contributed by atoms with van der Waals surface area (Å²) in [6.07, 6.45) is 3.64. The highest BCUT2D eigenvalue weighted by Gasteiger charge is 2.50. The van der Waals surface area contributed by atoms with Crippen molar-refractivity contribution in [2.75, 3.05) is 36.5 Å². The van der Waals surface area contributed by atoms with E-state index in [1.54, 1.807) is 6.07 Å². The first kappa shape index (κ1) is 18.4. The summed E-state index contributed by atoms with van der Waals surface area (Å²) >= 11 is 0. The van der Waals surface area contributed by atoms with Gasteiger partial charge in [0.15, 0.2) is 11.0 Å². The number of aromatic nitrogens is 2. The van der Waals surface area contributed by atoms with Crippen molar-refractivity contribution in [3.8, 4) is 0 Å². The number of carboxylic acid groups (broad SMARTS) is 1. The second-order valence-corrected chi connectivity index (χ2v) is 8.25. The molecule has 6 rings (SSSR count). The van der Waals surface area contributed by atoms with Crippen LogP contribution in [0.1, 0.15) is 25.7 Å². The summed E-state index contributed by atoms with van der Waals surface area (Å²) in [7, 11) is 0. The van der Waals surface area contributed by atoms with Crippen LogP contribution in [0.4, 0.5) is 11.4 Å². The van der Waals surface area contributed by atoms with Crippen molar-refractivity contribution in [2.24, 2.45) is 23.7 Å². The fourth-order valence-electron chi connectivity index (χ4n) is 5.41. The van der Waals surface area contributed by atoms with Gasteiger partial charge in [-0.25, -0.2) is 4.63 Å². The third kappa shape index (κ3) is 3.13. The van der Waals surface area contributed by atoms with E-state index in [2.05, 4.69) is 20.5 Å². The van der Waals surface area contributed by atoms with E-state index in [4.69, 9.17) is 9.37 Å². The molecule has 4 fully saturated rings. The molecule has 0 radical (unpaired) electrons. The molecule has 1 saturated heterocycles. The summed E-state index contributed by atoms with van der Waals surface area (Å²) in [4.78, 5) is 27.2. The number of ether oxygens (including phenoxy) is 1. The number of anilines is 2. The van der Waals surface area contributed by atoms with Gasteiger partial charge in [-0.15, -0.1) is 0 Å². The van der Waals surface area contributed by atoms with E-state index in [-0.39, 0.29) is 17.7 Å². The number of hydrogen-bond acceptors (Lipinski definition) is 7. The molecule has 2 atom stereocenters. The van der Waals surface area contributed by atoms with E-state index in [1.165, 1.54) is 0 Å². The fraction of sp³-hybridized carbons (Fsp3) is 0.600. The average Bonchev–Trinajstić information content (AvgIpc) is 3.25. The topological polar surface area (TPSA) is 118 Å². The van der Waals surface area contributed by atoms with Gasteiger partial charge in [0.1, 0.15) is 0 Å². The molecule has 2 heterocycles. The number of fused-ring (bicyclic) bond motifs is 4. The van der Waals surface area contributed by atoms with Crippen molar-refractivity contribution in [3.05, 3.63) is 12.1 Å². The second-order valence-electron chi connectivity index (χ2n) is 8.25. The Bertz CT molecular complexity index is 930. The van der Waals surface area contributed by atoms with Crippen LogP contribution in [0, 0.1) is 23.7 Å². The Labute approximate surface area is 167 Å². The van der Waals surface area contributed by atoms with Gasteiger partial charge < -0.3 is 20.1 Å². The van der Waals surface area contributed by atoms with Gasteiger partial charge in [0.2, 0.25) is 5.91 Å². The maximum Gasteiger partial charge on any atom is 0.307 e. The largest absolute Gasteiger partial charge is 0.481 e. The van der Waals surface area contributed by atoms with Crippen LogP contribution in [0.2, 0.25) is 0 Å². The number of amides is 1. The van der Waals surface area contributed by atoms with Crippen LogP contribution in [0.15, 0.2) is 16.8 Å². The van der Waals surface area contributed by atoms with E-state index in [0.717, 1.165) is 44.5 Å².